The first-order chi connectivity index (χ1) is 12.2. The van der Waals surface area contributed by atoms with E-state index in [0.717, 1.165) is 5.56 Å². The molecular weight excluding hydrogens is 418 g/mol. The van der Waals surface area contributed by atoms with Crippen LogP contribution in [0.1, 0.15) is 36.1 Å². The highest BCUT2D eigenvalue weighted by molar-refractivity contribution is 9.10. The number of ether oxygens (including phenoxy) is 1. The van der Waals surface area contributed by atoms with Crippen LogP contribution in [0.15, 0.2) is 40.3 Å². The third-order valence-corrected chi connectivity index (χ3v) is 4.77. The van der Waals surface area contributed by atoms with Gasteiger partial charge >= 0.3 is 6.09 Å². The zero-order valence-electron chi connectivity index (χ0n) is 14.9. The molecule has 2 amide bonds. The number of nitrogens with one attached hydrogen (secondary N) is 2. The van der Waals surface area contributed by atoms with Gasteiger partial charge in [-0.2, -0.15) is 0 Å². The van der Waals surface area contributed by atoms with Gasteiger partial charge in [0.2, 0.25) is 0 Å². The van der Waals surface area contributed by atoms with Crippen molar-refractivity contribution in [2.24, 2.45) is 0 Å². The van der Waals surface area contributed by atoms with Gasteiger partial charge in [0.1, 0.15) is 10.2 Å². The van der Waals surface area contributed by atoms with E-state index in [1.54, 1.807) is 26.2 Å². The molecule has 0 spiro atoms. The fourth-order valence-corrected chi connectivity index (χ4v) is 3.35. The summed E-state index contributed by atoms with van der Waals surface area (Å²) in [6, 6.07) is 9.48. The highest BCUT2D eigenvalue weighted by Gasteiger charge is 2.20. The zero-order chi connectivity index (χ0) is 19.2. The number of carbonyl (C=O) groups excluding carboxylic acids is 2. The van der Waals surface area contributed by atoms with Crippen molar-refractivity contribution in [3.8, 4) is 0 Å². The van der Waals surface area contributed by atoms with Crippen LogP contribution < -0.4 is 10.6 Å². The van der Waals surface area contributed by atoms with E-state index in [4.69, 9.17) is 4.74 Å². The van der Waals surface area contributed by atoms with E-state index < -0.39 is 11.7 Å². The number of carbonyl (C=O) groups is 2. The van der Waals surface area contributed by atoms with Crippen LogP contribution in [0.3, 0.4) is 0 Å². The summed E-state index contributed by atoms with van der Waals surface area (Å²) in [4.78, 5) is 28.4. The van der Waals surface area contributed by atoms with Gasteiger partial charge < -0.3 is 15.4 Å². The molecule has 0 radical (unpaired) electrons. The van der Waals surface area contributed by atoms with Gasteiger partial charge in [0.25, 0.3) is 5.91 Å². The lowest BCUT2D eigenvalue weighted by Crippen LogP contribution is -2.46. The molecule has 0 fully saturated rings. The number of alkyl carbamates (subject to hydrolysis) is 1. The van der Waals surface area contributed by atoms with Gasteiger partial charge in [0, 0.05) is 11.9 Å². The first-order valence-corrected chi connectivity index (χ1v) is 9.83. The second-order valence-electron chi connectivity index (χ2n) is 6.72. The summed E-state index contributed by atoms with van der Waals surface area (Å²) in [7, 11) is 0. The molecule has 1 aromatic carbocycles. The van der Waals surface area contributed by atoms with E-state index in [1.807, 2.05) is 30.3 Å². The van der Waals surface area contributed by atoms with Crippen molar-refractivity contribution in [2.75, 3.05) is 6.54 Å². The van der Waals surface area contributed by atoms with E-state index in [2.05, 4.69) is 31.5 Å². The van der Waals surface area contributed by atoms with Crippen molar-refractivity contribution < 1.29 is 14.3 Å². The van der Waals surface area contributed by atoms with Crippen LogP contribution in [0.5, 0.6) is 0 Å². The highest BCUT2D eigenvalue weighted by atomic mass is 79.9. The Morgan fingerprint density at radius 1 is 1.27 bits per heavy atom. The second-order valence-corrected chi connectivity index (χ2v) is 8.39. The molecule has 2 N–H and O–H groups in total. The molecule has 26 heavy (non-hydrogen) atoms. The Hall–Kier alpha value is -1.93. The van der Waals surface area contributed by atoms with Gasteiger partial charge in [0.15, 0.2) is 5.01 Å². The van der Waals surface area contributed by atoms with E-state index in [-0.39, 0.29) is 18.5 Å². The fourth-order valence-electron chi connectivity index (χ4n) is 2.20. The number of amides is 2. The first kappa shape index (κ1) is 20.4. The van der Waals surface area contributed by atoms with Gasteiger partial charge in [-0.1, -0.05) is 30.3 Å². The SMILES string of the molecule is CC(C)(C)OC(=O)NCC(Cc1ccccc1)NC(=O)c1nc(Br)cs1. The number of nitrogens with zero attached hydrogens (tertiary/aromatic N) is 1. The molecule has 140 valence electrons. The van der Waals surface area contributed by atoms with Crippen LogP contribution in [-0.4, -0.2) is 35.2 Å². The van der Waals surface area contributed by atoms with Crippen molar-refractivity contribution in [3.05, 3.63) is 50.9 Å². The molecule has 1 unspecified atom stereocenters. The minimum atomic E-state index is -0.574. The Kier molecular flexibility index (Phi) is 7.16. The lowest BCUT2D eigenvalue weighted by atomic mass is 10.1. The smallest absolute Gasteiger partial charge is 0.407 e. The van der Waals surface area contributed by atoms with Gasteiger partial charge in [-0.15, -0.1) is 11.3 Å². The van der Waals surface area contributed by atoms with Crippen LogP contribution in [0.2, 0.25) is 0 Å². The quantitative estimate of drug-likeness (QED) is 0.717. The molecule has 0 aliphatic rings. The topological polar surface area (TPSA) is 80.3 Å². The number of halogens is 1. The lowest BCUT2D eigenvalue weighted by molar-refractivity contribution is 0.0519. The average Bonchev–Trinajstić information content (AvgIpc) is 2.98. The predicted octanol–water partition coefficient (Wildman–Crippen LogP) is 3.77. The molecule has 0 aliphatic carbocycles. The Balaban J connectivity index is 2.01. The van der Waals surface area contributed by atoms with E-state index in [0.29, 0.717) is 16.0 Å². The van der Waals surface area contributed by atoms with Crippen LogP contribution >= 0.6 is 27.3 Å². The summed E-state index contributed by atoms with van der Waals surface area (Å²) < 4.78 is 5.88. The number of hydrogen-bond donors (Lipinski definition) is 2. The maximum absolute atomic E-state index is 12.4. The largest absolute Gasteiger partial charge is 0.444 e. The summed E-state index contributed by atoms with van der Waals surface area (Å²) in [5, 5.41) is 7.77. The molecule has 1 aromatic heterocycles. The standard InChI is InChI=1S/C18H22BrN3O3S/c1-18(2,3)25-17(24)20-10-13(9-12-7-5-4-6-8-12)21-15(23)16-22-14(19)11-26-16/h4-8,11,13H,9-10H2,1-3H3,(H,20,24)(H,21,23). The summed E-state index contributed by atoms with van der Waals surface area (Å²) in [5.74, 6) is -0.271. The average molecular weight is 440 g/mol. The number of aromatic nitrogens is 1. The summed E-state index contributed by atoms with van der Waals surface area (Å²) in [5.41, 5.74) is 0.485. The molecule has 0 bridgehead atoms. The molecule has 8 heteroatoms. The summed E-state index contributed by atoms with van der Waals surface area (Å²) >= 11 is 4.50. The molecule has 6 nitrogen and oxygen atoms in total. The molecule has 0 aliphatic heterocycles. The van der Waals surface area contributed by atoms with Crippen LogP contribution in [0, 0.1) is 0 Å². The Labute approximate surface area is 165 Å². The third kappa shape index (κ3) is 7.13. The van der Waals surface area contributed by atoms with Crippen LogP contribution in [0.25, 0.3) is 0 Å². The molecule has 0 saturated carbocycles. The minimum absolute atomic E-state index is 0.252. The number of thiazole rings is 1. The van der Waals surface area contributed by atoms with Crippen molar-refractivity contribution in [1.82, 2.24) is 15.6 Å². The Morgan fingerprint density at radius 2 is 1.96 bits per heavy atom. The normalized spacial score (nSPS) is 12.3. The number of rotatable bonds is 6. The van der Waals surface area contributed by atoms with Gasteiger partial charge in [0.05, 0.1) is 6.04 Å². The molecule has 2 aromatic rings. The fraction of sp³-hybridized carbons (Fsp3) is 0.389. The summed E-state index contributed by atoms with van der Waals surface area (Å²) in [6.07, 6.45) is 0.0661. The minimum Gasteiger partial charge on any atom is -0.444 e. The number of benzene rings is 1. The number of hydrogen-bond acceptors (Lipinski definition) is 5. The van der Waals surface area contributed by atoms with Crippen molar-refractivity contribution in [1.29, 1.82) is 0 Å². The zero-order valence-corrected chi connectivity index (χ0v) is 17.3. The lowest BCUT2D eigenvalue weighted by Gasteiger charge is -2.22. The van der Waals surface area contributed by atoms with Crippen molar-refractivity contribution in [2.45, 2.75) is 38.8 Å². The van der Waals surface area contributed by atoms with Gasteiger partial charge in [-0.3, -0.25) is 4.79 Å². The molecule has 1 heterocycles. The van der Waals surface area contributed by atoms with Crippen molar-refractivity contribution >= 4 is 39.3 Å². The second kappa shape index (κ2) is 9.14. The Morgan fingerprint density at radius 3 is 2.54 bits per heavy atom. The predicted molar refractivity (Wildman–Crippen MR) is 105 cm³/mol. The van der Waals surface area contributed by atoms with Crippen molar-refractivity contribution in [3.63, 3.8) is 0 Å². The van der Waals surface area contributed by atoms with Crippen LogP contribution in [0.4, 0.5) is 4.79 Å². The van der Waals surface area contributed by atoms with Gasteiger partial charge in [-0.25, -0.2) is 9.78 Å². The van der Waals surface area contributed by atoms with E-state index in [1.165, 1.54) is 11.3 Å². The highest BCUT2D eigenvalue weighted by Crippen LogP contribution is 2.15. The Bertz CT molecular complexity index is 744. The molecule has 0 saturated heterocycles. The first-order valence-electron chi connectivity index (χ1n) is 8.15. The monoisotopic (exact) mass is 439 g/mol. The third-order valence-electron chi connectivity index (χ3n) is 3.22. The molecular formula is C18H22BrN3O3S. The molecule has 2 rings (SSSR count). The summed E-state index contributed by atoms with van der Waals surface area (Å²) in [6.45, 7) is 5.66. The van der Waals surface area contributed by atoms with E-state index in [9.17, 15) is 9.59 Å². The molecule has 1 atom stereocenters. The van der Waals surface area contributed by atoms with E-state index >= 15 is 0 Å². The maximum Gasteiger partial charge on any atom is 0.407 e. The van der Waals surface area contributed by atoms with Gasteiger partial charge in [-0.05, 0) is 48.7 Å². The maximum atomic E-state index is 12.4. The van der Waals surface area contributed by atoms with Crippen LogP contribution in [-0.2, 0) is 11.2 Å².